The van der Waals surface area contributed by atoms with Gasteiger partial charge in [0.2, 0.25) is 0 Å². The van der Waals surface area contributed by atoms with Gasteiger partial charge in [0.25, 0.3) is 0 Å². The third-order valence-corrected chi connectivity index (χ3v) is 1.88. The predicted molar refractivity (Wildman–Crippen MR) is 45.5 cm³/mol. The summed E-state index contributed by atoms with van der Waals surface area (Å²) in [6, 6.07) is 1.36. The molecule has 94 valence electrons. The van der Waals surface area contributed by atoms with Gasteiger partial charge in [-0.2, -0.15) is 22.0 Å². The summed E-state index contributed by atoms with van der Waals surface area (Å²) in [6.45, 7) is 0. The zero-order chi connectivity index (χ0) is 13.3. The predicted octanol–water partition coefficient (Wildman–Crippen LogP) is 2.52. The van der Waals surface area contributed by atoms with Gasteiger partial charge in [-0.15, -0.1) is 0 Å². The van der Waals surface area contributed by atoms with E-state index in [0.29, 0.717) is 6.07 Å². The number of pyridine rings is 1. The minimum absolute atomic E-state index is 0.479. The van der Waals surface area contributed by atoms with Crippen molar-refractivity contribution in [1.29, 1.82) is 0 Å². The standard InChI is InChI=1S/C9H6F5NO2/c1-17-7(16)6-5(3-2-4-15-6)8(10,11)9(12,13)14/h2-4H,1H3. The van der Waals surface area contributed by atoms with E-state index in [-0.39, 0.29) is 0 Å². The Hall–Kier alpha value is -1.73. The Bertz CT molecular complexity index is 430. The number of hydrogen-bond acceptors (Lipinski definition) is 3. The van der Waals surface area contributed by atoms with Crippen molar-refractivity contribution in [2.24, 2.45) is 0 Å². The lowest BCUT2D eigenvalue weighted by molar-refractivity contribution is -0.289. The van der Waals surface area contributed by atoms with Crippen LogP contribution in [0.2, 0.25) is 0 Å². The van der Waals surface area contributed by atoms with Crippen LogP contribution in [-0.4, -0.2) is 24.2 Å². The number of carbonyl (C=O) groups is 1. The van der Waals surface area contributed by atoms with E-state index in [1.54, 1.807) is 0 Å². The highest BCUT2D eigenvalue weighted by Crippen LogP contribution is 2.44. The van der Waals surface area contributed by atoms with Crippen molar-refractivity contribution in [3.8, 4) is 0 Å². The molecule has 1 heterocycles. The fourth-order valence-corrected chi connectivity index (χ4v) is 1.07. The summed E-state index contributed by atoms with van der Waals surface area (Å²) >= 11 is 0. The molecule has 17 heavy (non-hydrogen) atoms. The summed E-state index contributed by atoms with van der Waals surface area (Å²) < 4.78 is 66.6. The smallest absolute Gasteiger partial charge is 0.458 e. The van der Waals surface area contributed by atoms with E-state index < -0.39 is 29.3 Å². The molecule has 0 unspecified atom stereocenters. The maximum Gasteiger partial charge on any atom is 0.458 e. The van der Waals surface area contributed by atoms with Gasteiger partial charge >= 0.3 is 18.1 Å². The second-order valence-electron chi connectivity index (χ2n) is 2.96. The van der Waals surface area contributed by atoms with Crippen LogP contribution in [0.25, 0.3) is 0 Å². The summed E-state index contributed by atoms with van der Waals surface area (Å²) in [6.07, 6.45) is -4.89. The fourth-order valence-electron chi connectivity index (χ4n) is 1.07. The highest BCUT2D eigenvalue weighted by atomic mass is 19.4. The van der Waals surface area contributed by atoms with Gasteiger partial charge in [0.05, 0.1) is 12.7 Å². The number of carbonyl (C=O) groups excluding carboxylic acids is 1. The van der Waals surface area contributed by atoms with Crippen molar-refractivity contribution >= 4 is 5.97 Å². The first-order valence-electron chi connectivity index (χ1n) is 4.20. The molecule has 8 heteroatoms. The number of esters is 1. The number of rotatable bonds is 2. The number of methoxy groups -OCH3 is 1. The molecule has 0 bridgehead atoms. The van der Waals surface area contributed by atoms with Gasteiger partial charge in [-0.25, -0.2) is 9.78 Å². The van der Waals surface area contributed by atoms with Crippen LogP contribution in [0.4, 0.5) is 22.0 Å². The molecule has 1 aromatic heterocycles. The first kappa shape index (κ1) is 13.3. The first-order valence-corrected chi connectivity index (χ1v) is 4.20. The molecule has 0 fully saturated rings. The summed E-state index contributed by atoms with van der Waals surface area (Å²) in [5, 5.41) is 0. The first-order chi connectivity index (χ1) is 7.71. The average molecular weight is 255 g/mol. The molecule has 1 aromatic rings. The number of hydrogen-bond donors (Lipinski definition) is 0. The maximum atomic E-state index is 13.0. The van der Waals surface area contributed by atoms with Crippen LogP contribution >= 0.6 is 0 Å². The monoisotopic (exact) mass is 255 g/mol. The minimum Gasteiger partial charge on any atom is -0.464 e. The fraction of sp³-hybridized carbons (Fsp3) is 0.333. The molecule has 0 saturated carbocycles. The van der Waals surface area contributed by atoms with Crippen LogP contribution in [0.1, 0.15) is 16.1 Å². The van der Waals surface area contributed by atoms with Gasteiger partial charge in [0.15, 0.2) is 5.69 Å². The van der Waals surface area contributed by atoms with Crippen LogP contribution < -0.4 is 0 Å². The zero-order valence-corrected chi connectivity index (χ0v) is 8.39. The van der Waals surface area contributed by atoms with E-state index >= 15 is 0 Å². The van der Waals surface area contributed by atoms with Crippen LogP contribution in [0.5, 0.6) is 0 Å². The maximum absolute atomic E-state index is 13.0. The number of halogens is 5. The molecule has 0 aliphatic rings. The number of nitrogens with zero attached hydrogens (tertiary/aromatic N) is 1. The van der Waals surface area contributed by atoms with E-state index in [9.17, 15) is 26.7 Å². The highest BCUT2D eigenvalue weighted by molar-refractivity contribution is 5.89. The number of alkyl halides is 5. The van der Waals surface area contributed by atoms with Crippen molar-refractivity contribution in [1.82, 2.24) is 4.98 Å². The van der Waals surface area contributed by atoms with E-state index in [0.717, 1.165) is 19.4 Å². The lowest BCUT2D eigenvalue weighted by Gasteiger charge is -2.20. The van der Waals surface area contributed by atoms with Gasteiger partial charge in [-0.3, -0.25) is 0 Å². The van der Waals surface area contributed by atoms with Crippen LogP contribution in [0.3, 0.4) is 0 Å². The molecule has 0 N–H and O–H groups in total. The zero-order valence-electron chi connectivity index (χ0n) is 8.39. The quantitative estimate of drug-likeness (QED) is 0.602. The Balaban J connectivity index is 3.37. The highest BCUT2D eigenvalue weighted by Gasteiger charge is 2.60. The Kier molecular flexibility index (Phi) is 3.35. The third-order valence-electron chi connectivity index (χ3n) is 1.88. The van der Waals surface area contributed by atoms with Crippen LogP contribution in [0.15, 0.2) is 18.3 Å². The van der Waals surface area contributed by atoms with Crippen LogP contribution in [-0.2, 0) is 10.7 Å². The van der Waals surface area contributed by atoms with Crippen molar-refractivity contribution in [3.05, 3.63) is 29.6 Å². The van der Waals surface area contributed by atoms with Gasteiger partial charge in [0.1, 0.15) is 0 Å². The molecule has 3 nitrogen and oxygen atoms in total. The molecular formula is C9H6F5NO2. The largest absolute Gasteiger partial charge is 0.464 e. The van der Waals surface area contributed by atoms with Crippen molar-refractivity contribution in [2.75, 3.05) is 7.11 Å². The molecule has 0 aliphatic carbocycles. The Labute approximate surface area is 92.2 Å². The van der Waals surface area contributed by atoms with E-state index in [1.165, 1.54) is 0 Å². The van der Waals surface area contributed by atoms with Crippen LogP contribution in [0, 0.1) is 0 Å². The average Bonchev–Trinajstić information content (AvgIpc) is 2.26. The second kappa shape index (κ2) is 4.27. The number of ether oxygens (including phenoxy) is 1. The minimum atomic E-state index is -5.81. The van der Waals surface area contributed by atoms with Crippen molar-refractivity contribution < 1.29 is 31.5 Å². The molecule has 0 spiro atoms. The molecule has 0 radical (unpaired) electrons. The van der Waals surface area contributed by atoms with Gasteiger partial charge in [0, 0.05) is 6.20 Å². The Morgan fingerprint density at radius 1 is 1.29 bits per heavy atom. The molecule has 0 saturated heterocycles. The molecule has 0 amide bonds. The van der Waals surface area contributed by atoms with Crippen molar-refractivity contribution in [2.45, 2.75) is 12.1 Å². The molecular weight excluding hydrogens is 249 g/mol. The molecule has 0 atom stereocenters. The molecule has 0 aromatic carbocycles. The van der Waals surface area contributed by atoms with Crippen molar-refractivity contribution in [3.63, 3.8) is 0 Å². The lowest BCUT2D eigenvalue weighted by Crippen LogP contribution is -2.35. The Morgan fingerprint density at radius 3 is 2.35 bits per heavy atom. The Morgan fingerprint density at radius 2 is 1.88 bits per heavy atom. The topological polar surface area (TPSA) is 39.2 Å². The third kappa shape index (κ3) is 2.34. The van der Waals surface area contributed by atoms with E-state index in [2.05, 4.69) is 9.72 Å². The van der Waals surface area contributed by atoms with E-state index in [4.69, 9.17) is 0 Å². The lowest BCUT2D eigenvalue weighted by atomic mass is 10.1. The second-order valence-corrected chi connectivity index (χ2v) is 2.96. The summed E-state index contributed by atoms with van der Waals surface area (Å²) in [7, 11) is 0.854. The van der Waals surface area contributed by atoms with Gasteiger partial charge in [-0.05, 0) is 12.1 Å². The molecule has 0 aliphatic heterocycles. The summed E-state index contributed by atoms with van der Waals surface area (Å²) in [4.78, 5) is 14.2. The van der Waals surface area contributed by atoms with Gasteiger partial charge in [-0.1, -0.05) is 0 Å². The number of aromatic nitrogens is 1. The van der Waals surface area contributed by atoms with Gasteiger partial charge < -0.3 is 4.74 Å². The summed E-state index contributed by atoms with van der Waals surface area (Å²) in [5.74, 6) is -6.52. The molecule has 1 rings (SSSR count). The summed E-state index contributed by atoms with van der Waals surface area (Å²) in [5.41, 5.74) is -2.59. The normalized spacial score (nSPS) is 12.4. The van der Waals surface area contributed by atoms with E-state index in [1.807, 2.05) is 0 Å². The SMILES string of the molecule is COC(=O)c1ncccc1C(F)(F)C(F)(F)F.